The molecule has 0 aliphatic heterocycles. The Morgan fingerprint density at radius 3 is 2.82 bits per heavy atom. The maximum Gasteiger partial charge on any atom is 0.339 e. The number of ether oxygens (including phenoxy) is 1. The highest BCUT2D eigenvalue weighted by Crippen LogP contribution is 2.23. The average molecular weight is 306 g/mol. The van der Waals surface area contributed by atoms with Crippen LogP contribution in [0.15, 0.2) is 16.6 Å². The van der Waals surface area contributed by atoms with Gasteiger partial charge in [-0.1, -0.05) is 0 Å². The molecule has 3 N–H and O–H groups in total. The lowest BCUT2D eigenvalue weighted by Crippen LogP contribution is -2.09. The molecule has 17 heavy (non-hydrogen) atoms. The van der Waals surface area contributed by atoms with Crippen LogP contribution in [0.5, 0.6) is 0 Å². The number of anilines is 1. The standard InChI is InChI=1S/C11H13BrFNO3/c12-8-6-9(13)10(14)5-7(8)11(16)17-4-2-1-3-15/h5-6,15H,1-4,14H2. The Bertz CT molecular complexity index is 412. The lowest BCUT2D eigenvalue weighted by molar-refractivity contribution is 0.0491. The van der Waals surface area contributed by atoms with Crippen molar-refractivity contribution in [1.82, 2.24) is 0 Å². The number of carbonyl (C=O) groups excluding carboxylic acids is 1. The number of aliphatic hydroxyl groups excluding tert-OH is 1. The van der Waals surface area contributed by atoms with E-state index in [-0.39, 0.29) is 24.5 Å². The Kier molecular flexibility index (Phi) is 5.37. The molecule has 0 atom stereocenters. The number of rotatable bonds is 5. The number of benzene rings is 1. The molecule has 0 aromatic heterocycles. The van der Waals surface area contributed by atoms with Gasteiger partial charge in [0.25, 0.3) is 0 Å². The van der Waals surface area contributed by atoms with Crippen LogP contribution in [0.3, 0.4) is 0 Å². The zero-order valence-corrected chi connectivity index (χ0v) is 10.7. The molecule has 1 aromatic carbocycles. The first kappa shape index (κ1) is 13.9. The van der Waals surface area contributed by atoms with Crippen molar-refractivity contribution >= 4 is 27.6 Å². The highest BCUT2D eigenvalue weighted by Gasteiger charge is 2.14. The minimum absolute atomic E-state index is 0.0603. The maximum atomic E-state index is 13.0. The lowest BCUT2D eigenvalue weighted by Gasteiger charge is -2.07. The molecule has 0 aliphatic rings. The van der Waals surface area contributed by atoms with Crippen LogP contribution < -0.4 is 5.73 Å². The zero-order chi connectivity index (χ0) is 12.8. The molecule has 0 spiro atoms. The lowest BCUT2D eigenvalue weighted by atomic mass is 10.2. The second-order valence-corrected chi connectivity index (χ2v) is 4.27. The molecule has 0 unspecified atom stereocenters. The molecule has 0 radical (unpaired) electrons. The van der Waals surface area contributed by atoms with E-state index in [4.69, 9.17) is 15.6 Å². The van der Waals surface area contributed by atoms with Gasteiger partial charge in [-0.25, -0.2) is 9.18 Å². The normalized spacial score (nSPS) is 10.3. The van der Waals surface area contributed by atoms with Crippen molar-refractivity contribution in [3.8, 4) is 0 Å². The Morgan fingerprint density at radius 1 is 1.47 bits per heavy atom. The van der Waals surface area contributed by atoms with Crippen LogP contribution in [0, 0.1) is 5.82 Å². The first-order valence-electron chi connectivity index (χ1n) is 5.08. The highest BCUT2D eigenvalue weighted by molar-refractivity contribution is 9.10. The maximum absolute atomic E-state index is 13.0. The van der Waals surface area contributed by atoms with Crippen molar-refractivity contribution in [3.63, 3.8) is 0 Å². The summed E-state index contributed by atoms with van der Waals surface area (Å²) < 4.78 is 18.3. The minimum Gasteiger partial charge on any atom is -0.462 e. The van der Waals surface area contributed by atoms with E-state index in [1.54, 1.807) is 0 Å². The van der Waals surface area contributed by atoms with Gasteiger partial charge in [-0.2, -0.15) is 0 Å². The van der Waals surface area contributed by atoms with Gasteiger partial charge in [-0.15, -0.1) is 0 Å². The van der Waals surface area contributed by atoms with Gasteiger partial charge in [-0.05, 0) is 40.9 Å². The molecule has 4 nitrogen and oxygen atoms in total. The Morgan fingerprint density at radius 2 is 2.18 bits per heavy atom. The van der Waals surface area contributed by atoms with Crippen LogP contribution in [0.1, 0.15) is 23.2 Å². The third kappa shape index (κ3) is 3.98. The Labute approximate surface area is 107 Å². The van der Waals surface area contributed by atoms with E-state index in [0.29, 0.717) is 17.3 Å². The molecule has 1 rings (SSSR count). The van der Waals surface area contributed by atoms with E-state index in [1.807, 2.05) is 0 Å². The van der Waals surface area contributed by atoms with Gasteiger partial charge in [0.15, 0.2) is 0 Å². The van der Waals surface area contributed by atoms with Gasteiger partial charge in [0, 0.05) is 11.1 Å². The summed E-state index contributed by atoms with van der Waals surface area (Å²) in [5.41, 5.74) is 5.45. The van der Waals surface area contributed by atoms with Gasteiger partial charge in [0.05, 0.1) is 17.9 Å². The predicted molar refractivity (Wildman–Crippen MR) is 65.1 cm³/mol. The predicted octanol–water partition coefficient (Wildman–Crippen LogP) is 2.10. The van der Waals surface area contributed by atoms with Crippen molar-refractivity contribution in [2.24, 2.45) is 0 Å². The fourth-order valence-corrected chi connectivity index (χ4v) is 1.66. The van der Waals surface area contributed by atoms with Crippen molar-refractivity contribution in [2.45, 2.75) is 12.8 Å². The molecule has 0 saturated carbocycles. The summed E-state index contributed by atoms with van der Waals surface area (Å²) in [6.07, 6.45) is 1.15. The molecule has 0 saturated heterocycles. The molecule has 6 heteroatoms. The van der Waals surface area contributed by atoms with E-state index in [9.17, 15) is 9.18 Å². The third-order valence-corrected chi connectivity index (χ3v) is 2.75. The molecule has 0 amide bonds. The summed E-state index contributed by atoms with van der Waals surface area (Å²) in [7, 11) is 0. The quantitative estimate of drug-likeness (QED) is 0.496. The first-order valence-corrected chi connectivity index (χ1v) is 5.88. The SMILES string of the molecule is Nc1cc(C(=O)OCCCCO)c(Br)cc1F. The number of halogens is 2. The Hall–Kier alpha value is -1.14. The summed E-state index contributed by atoms with van der Waals surface area (Å²) in [6.45, 7) is 0.272. The molecule has 0 aliphatic carbocycles. The number of nitrogen functional groups attached to an aromatic ring is 1. The molecular formula is C11H13BrFNO3. The number of unbranched alkanes of at least 4 members (excludes halogenated alkanes) is 1. The summed E-state index contributed by atoms with van der Waals surface area (Å²) in [5, 5.41) is 8.55. The molecule has 1 aromatic rings. The largest absolute Gasteiger partial charge is 0.462 e. The summed E-state index contributed by atoms with van der Waals surface area (Å²) in [4.78, 5) is 11.6. The van der Waals surface area contributed by atoms with Crippen LogP contribution in [0.4, 0.5) is 10.1 Å². The van der Waals surface area contributed by atoms with Crippen molar-refractivity contribution in [1.29, 1.82) is 0 Å². The number of nitrogens with two attached hydrogens (primary N) is 1. The van der Waals surface area contributed by atoms with E-state index in [2.05, 4.69) is 15.9 Å². The zero-order valence-electron chi connectivity index (χ0n) is 9.08. The summed E-state index contributed by atoms with van der Waals surface area (Å²) in [6, 6.07) is 2.35. The monoisotopic (exact) mass is 305 g/mol. The van der Waals surface area contributed by atoms with Crippen LogP contribution in [-0.2, 0) is 4.74 Å². The van der Waals surface area contributed by atoms with Crippen LogP contribution in [0.25, 0.3) is 0 Å². The van der Waals surface area contributed by atoms with E-state index >= 15 is 0 Å². The van der Waals surface area contributed by atoms with E-state index < -0.39 is 11.8 Å². The number of carbonyl (C=O) groups is 1. The van der Waals surface area contributed by atoms with Gasteiger partial charge in [-0.3, -0.25) is 0 Å². The number of aliphatic hydroxyl groups is 1. The highest BCUT2D eigenvalue weighted by atomic mass is 79.9. The molecule has 0 fully saturated rings. The van der Waals surface area contributed by atoms with Gasteiger partial charge >= 0.3 is 5.97 Å². The Balaban J connectivity index is 2.66. The summed E-state index contributed by atoms with van der Waals surface area (Å²) in [5.74, 6) is -1.16. The fourth-order valence-electron chi connectivity index (χ4n) is 1.18. The average Bonchev–Trinajstić information content (AvgIpc) is 2.29. The van der Waals surface area contributed by atoms with E-state index in [0.717, 1.165) is 6.07 Å². The van der Waals surface area contributed by atoms with E-state index in [1.165, 1.54) is 6.07 Å². The van der Waals surface area contributed by atoms with Crippen molar-refractivity contribution in [2.75, 3.05) is 18.9 Å². The first-order chi connectivity index (χ1) is 8.06. The molecular weight excluding hydrogens is 293 g/mol. The molecule has 94 valence electrons. The molecule has 0 heterocycles. The fraction of sp³-hybridized carbons (Fsp3) is 0.364. The number of hydrogen-bond acceptors (Lipinski definition) is 4. The van der Waals surface area contributed by atoms with Crippen LogP contribution in [-0.4, -0.2) is 24.3 Å². The van der Waals surface area contributed by atoms with Gasteiger partial charge in [0.1, 0.15) is 5.82 Å². The molecule has 0 bridgehead atoms. The second kappa shape index (κ2) is 6.56. The third-order valence-electron chi connectivity index (χ3n) is 2.09. The minimum atomic E-state index is -0.589. The number of hydrogen-bond donors (Lipinski definition) is 2. The van der Waals surface area contributed by atoms with Gasteiger partial charge in [0.2, 0.25) is 0 Å². The van der Waals surface area contributed by atoms with Crippen LogP contribution >= 0.6 is 15.9 Å². The summed E-state index contributed by atoms with van der Waals surface area (Å²) >= 11 is 3.07. The topological polar surface area (TPSA) is 72.6 Å². The van der Waals surface area contributed by atoms with Crippen molar-refractivity contribution in [3.05, 3.63) is 28.0 Å². The second-order valence-electron chi connectivity index (χ2n) is 3.42. The van der Waals surface area contributed by atoms with Gasteiger partial charge < -0.3 is 15.6 Å². The van der Waals surface area contributed by atoms with Crippen LogP contribution in [0.2, 0.25) is 0 Å². The smallest absolute Gasteiger partial charge is 0.339 e. The number of esters is 1. The van der Waals surface area contributed by atoms with Crippen molar-refractivity contribution < 1.29 is 19.0 Å².